The lowest BCUT2D eigenvalue weighted by Gasteiger charge is -2.19. The van der Waals surface area contributed by atoms with Crippen LogP contribution in [0.4, 0.5) is 0 Å². The van der Waals surface area contributed by atoms with Crippen molar-refractivity contribution < 1.29 is 9.90 Å². The minimum Gasteiger partial charge on any atom is -0.396 e. The fourth-order valence-electron chi connectivity index (χ4n) is 1.41. The molecule has 0 aromatic carbocycles. The maximum Gasteiger partial charge on any atom is 0.237 e. The summed E-state index contributed by atoms with van der Waals surface area (Å²) in [4.78, 5) is 11.7. The molecular weight excluding hydrogens is 204 g/mol. The maximum atomic E-state index is 11.7. The molecule has 4 nitrogen and oxygen atoms in total. The first-order valence-corrected chi connectivity index (χ1v) is 6.15. The highest BCUT2D eigenvalue weighted by atomic mass is 16.3. The summed E-state index contributed by atoms with van der Waals surface area (Å²) in [6, 6.07) is 0.0327. The van der Waals surface area contributed by atoms with Gasteiger partial charge >= 0.3 is 0 Å². The van der Waals surface area contributed by atoms with Crippen LogP contribution in [-0.2, 0) is 4.79 Å². The number of hydrogen-bond acceptors (Lipinski definition) is 3. The highest BCUT2D eigenvalue weighted by molar-refractivity contribution is 5.81. The van der Waals surface area contributed by atoms with Crippen molar-refractivity contribution in [1.82, 2.24) is 10.6 Å². The van der Waals surface area contributed by atoms with Gasteiger partial charge in [0, 0.05) is 19.2 Å². The SMILES string of the molecule is CCCC(C)NC(=O)C(C)NCC(C)CO. The van der Waals surface area contributed by atoms with Crippen molar-refractivity contribution >= 4 is 5.91 Å². The second kappa shape index (κ2) is 8.53. The van der Waals surface area contributed by atoms with E-state index in [0.717, 1.165) is 12.8 Å². The van der Waals surface area contributed by atoms with Crippen LogP contribution in [0.25, 0.3) is 0 Å². The number of nitrogens with one attached hydrogen (secondary N) is 2. The molecule has 0 rings (SSSR count). The summed E-state index contributed by atoms with van der Waals surface area (Å²) in [5.74, 6) is 0.217. The van der Waals surface area contributed by atoms with Crippen LogP contribution >= 0.6 is 0 Å². The number of rotatable bonds is 8. The van der Waals surface area contributed by atoms with Crippen LogP contribution in [0.15, 0.2) is 0 Å². The van der Waals surface area contributed by atoms with Gasteiger partial charge in [0.25, 0.3) is 0 Å². The van der Waals surface area contributed by atoms with E-state index in [1.165, 1.54) is 0 Å². The van der Waals surface area contributed by atoms with Gasteiger partial charge in [0.2, 0.25) is 5.91 Å². The normalized spacial score (nSPS) is 16.6. The molecule has 0 spiro atoms. The Morgan fingerprint density at radius 1 is 1.31 bits per heavy atom. The molecule has 0 fully saturated rings. The highest BCUT2D eigenvalue weighted by Gasteiger charge is 2.14. The molecular formula is C12H26N2O2. The van der Waals surface area contributed by atoms with E-state index in [-0.39, 0.29) is 30.5 Å². The van der Waals surface area contributed by atoms with Gasteiger partial charge in [0.1, 0.15) is 0 Å². The quantitative estimate of drug-likeness (QED) is 0.580. The van der Waals surface area contributed by atoms with Crippen LogP contribution in [0, 0.1) is 5.92 Å². The summed E-state index contributed by atoms with van der Waals surface area (Å²) in [5, 5.41) is 14.9. The Hall–Kier alpha value is -0.610. The van der Waals surface area contributed by atoms with Gasteiger partial charge in [-0.1, -0.05) is 20.3 Å². The smallest absolute Gasteiger partial charge is 0.237 e. The number of aliphatic hydroxyl groups is 1. The first-order valence-electron chi connectivity index (χ1n) is 6.15. The monoisotopic (exact) mass is 230 g/mol. The zero-order valence-electron chi connectivity index (χ0n) is 10.9. The Morgan fingerprint density at radius 3 is 2.44 bits per heavy atom. The predicted octanol–water partition coefficient (Wildman–Crippen LogP) is 0.898. The van der Waals surface area contributed by atoms with E-state index in [9.17, 15) is 4.79 Å². The third-order valence-corrected chi connectivity index (χ3v) is 2.59. The molecule has 0 aliphatic heterocycles. The second-order valence-corrected chi connectivity index (χ2v) is 4.62. The van der Waals surface area contributed by atoms with Gasteiger partial charge in [-0.25, -0.2) is 0 Å². The van der Waals surface area contributed by atoms with Crippen molar-refractivity contribution in [1.29, 1.82) is 0 Å². The molecule has 3 unspecified atom stereocenters. The van der Waals surface area contributed by atoms with E-state index in [4.69, 9.17) is 5.11 Å². The third kappa shape index (κ3) is 6.80. The molecule has 4 heteroatoms. The molecule has 0 bridgehead atoms. The van der Waals surface area contributed by atoms with E-state index < -0.39 is 0 Å². The lowest BCUT2D eigenvalue weighted by atomic mass is 10.1. The van der Waals surface area contributed by atoms with Crippen molar-refractivity contribution in [3.05, 3.63) is 0 Å². The molecule has 0 saturated heterocycles. The molecule has 0 saturated carbocycles. The largest absolute Gasteiger partial charge is 0.396 e. The van der Waals surface area contributed by atoms with Crippen molar-refractivity contribution in [2.75, 3.05) is 13.2 Å². The van der Waals surface area contributed by atoms with Crippen molar-refractivity contribution in [3.63, 3.8) is 0 Å². The molecule has 0 heterocycles. The predicted molar refractivity (Wildman–Crippen MR) is 66.2 cm³/mol. The molecule has 3 N–H and O–H groups in total. The van der Waals surface area contributed by atoms with E-state index in [2.05, 4.69) is 17.6 Å². The van der Waals surface area contributed by atoms with Crippen LogP contribution in [-0.4, -0.2) is 36.2 Å². The van der Waals surface area contributed by atoms with Gasteiger partial charge in [0.15, 0.2) is 0 Å². The minimum absolute atomic E-state index is 0.0334. The average Bonchev–Trinajstić information content (AvgIpc) is 2.25. The zero-order chi connectivity index (χ0) is 12.6. The number of carbonyl (C=O) groups is 1. The molecule has 0 aromatic heterocycles. The fraction of sp³-hybridized carbons (Fsp3) is 0.917. The molecule has 16 heavy (non-hydrogen) atoms. The van der Waals surface area contributed by atoms with E-state index in [1.54, 1.807) is 0 Å². The van der Waals surface area contributed by atoms with Crippen LogP contribution in [0.1, 0.15) is 40.5 Å². The molecule has 3 atom stereocenters. The minimum atomic E-state index is -0.201. The Bertz CT molecular complexity index is 197. The first kappa shape index (κ1) is 15.4. The van der Waals surface area contributed by atoms with E-state index >= 15 is 0 Å². The van der Waals surface area contributed by atoms with Crippen LogP contribution in [0.3, 0.4) is 0 Å². The van der Waals surface area contributed by atoms with Crippen molar-refractivity contribution in [3.8, 4) is 0 Å². The number of aliphatic hydroxyl groups excluding tert-OH is 1. The summed E-state index contributed by atoms with van der Waals surface area (Å²) in [6.45, 7) is 8.72. The molecule has 0 radical (unpaired) electrons. The zero-order valence-corrected chi connectivity index (χ0v) is 10.9. The van der Waals surface area contributed by atoms with E-state index in [1.807, 2.05) is 20.8 Å². The topological polar surface area (TPSA) is 61.4 Å². The number of hydrogen-bond donors (Lipinski definition) is 3. The van der Waals surface area contributed by atoms with E-state index in [0.29, 0.717) is 6.54 Å². The van der Waals surface area contributed by atoms with Crippen LogP contribution in [0.2, 0.25) is 0 Å². The highest BCUT2D eigenvalue weighted by Crippen LogP contribution is 1.96. The Kier molecular flexibility index (Phi) is 8.21. The summed E-state index contributed by atoms with van der Waals surface area (Å²) in [6.07, 6.45) is 2.08. The van der Waals surface area contributed by atoms with Gasteiger partial charge in [-0.3, -0.25) is 4.79 Å². The maximum absolute atomic E-state index is 11.7. The number of amides is 1. The van der Waals surface area contributed by atoms with Crippen molar-refractivity contribution in [2.45, 2.75) is 52.6 Å². The molecule has 0 aliphatic rings. The van der Waals surface area contributed by atoms with Gasteiger partial charge in [0.05, 0.1) is 6.04 Å². The molecule has 1 amide bonds. The standard InChI is InChI=1S/C12H26N2O2/c1-5-6-10(3)14-12(16)11(4)13-7-9(2)8-15/h9-11,13,15H,5-8H2,1-4H3,(H,14,16). The Labute approximate surface area is 98.8 Å². The van der Waals surface area contributed by atoms with Gasteiger partial charge in [-0.05, 0) is 26.2 Å². The lowest BCUT2D eigenvalue weighted by molar-refractivity contribution is -0.123. The summed E-state index contributed by atoms with van der Waals surface area (Å²) < 4.78 is 0. The molecule has 0 aliphatic carbocycles. The second-order valence-electron chi connectivity index (χ2n) is 4.62. The summed E-state index contributed by atoms with van der Waals surface area (Å²) >= 11 is 0. The summed E-state index contributed by atoms with van der Waals surface area (Å²) in [5.41, 5.74) is 0. The lowest BCUT2D eigenvalue weighted by Crippen LogP contribution is -2.46. The Balaban J connectivity index is 3.81. The van der Waals surface area contributed by atoms with Gasteiger partial charge < -0.3 is 15.7 Å². The third-order valence-electron chi connectivity index (χ3n) is 2.59. The first-order chi connectivity index (χ1) is 7.51. The van der Waals surface area contributed by atoms with Gasteiger partial charge in [-0.15, -0.1) is 0 Å². The number of carbonyl (C=O) groups excluding carboxylic acids is 1. The fourth-order valence-corrected chi connectivity index (χ4v) is 1.41. The van der Waals surface area contributed by atoms with Crippen LogP contribution in [0.5, 0.6) is 0 Å². The summed E-state index contributed by atoms with van der Waals surface area (Å²) in [7, 11) is 0. The molecule has 96 valence electrons. The molecule has 0 aromatic rings. The van der Waals surface area contributed by atoms with Gasteiger partial charge in [-0.2, -0.15) is 0 Å². The Morgan fingerprint density at radius 2 is 1.94 bits per heavy atom. The van der Waals surface area contributed by atoms with Crippen LogP contribution < -0.4 is 10.6 Å². The average molecular weight is 230 g/mol. The van der Waals surface area contributed by atoms with Crippen molar-refractivity contribution in [2.24, 2.45) is 5.92 Å².